The molecular weight excluding hydrogens is 374 g/mol. The summed E-state index contributed by atoms with van der Waals surface area (Å²) in [5, 5.41) is 6.48. The summed E-state index contributed by atoms with van der Waals surface area (Å²) in [4.78, 5) is 12.0. The Hall–Kier alpha value is -3.60. The molecule has 0 saturated heterocycles. The largest absolute Gasteiger partial charge is 0.484 e. The minimum atomic E-state index is -0.297. The minimum absolute atomic E-state index is 0.0775. The molecule has 0 fully saturated rings. The molecule has 4 aromatic rings. The second-order valence-corrected chi connectivity index (χ2v) is 7.12. The quantitative estimate of drug-likeness (QED) is 0.355. The van der Waals surface area contributed by atoms with E-state index in [1.807, 2.05) is 30.3 Å². The molecule has 1 heterocycles. The number of nitrogens with zero attached hydrogens (tertiary/aromatic N) is 2. The summed E-state index contributed by atoms with van der Waals surface area (Å²) < 4.78 is 7.81. The first-order valence-corrected chi connectivity index (χ1v) is 10.2. The standard InChI is InChI=1S/C25H25N3O2/c1-3-18-9-12-20(13-10-18)30-17-25(29)27-26-16-19-11-14-24-22(15-19)21-7-5-6-8-23(21)28(24)4-2/h5-16H,3-4,17H2,1-2H3,(H,27,29). The van der Waals surface area contributed by atoms with Crippen molar-refractivity contribution in [1.82, 2.24) is 9.99 Å². The van der Waals surface area contributed by atoms with Crippen LogP contribution in [0.25, 0.3) is 21.8 Å². The minimum Gasteiger partial charge on any atom is -0.484 e. The number of carbonyl (C=O) groups excluding carboxylic acids is 1. The van der Waals surface area contributed by atoms with Gasteiger partial charge in [0.25, 0.3) is 5.91 Å². The molecule has 4 rings (SSSR count). The van der Waals surface area contributed by atoms with Crippen molar-refractivity contribution in [2.24, 2.45) is 5.10 Å². The van der Waals surface area contributed by atoms with E-state index in [0.29, 0.717) is 5.75 Å². The Morgan fingerprint density at radius 3 is 2.53 bits per heavy atom. The number of hydrogen-bond donors (Lipinski definition) is 1. The van der Waals surface area contributed by atoms with E-state index in [4.69, 9.17) is 4.74 Å². The normalized spacial score (nSPS) is 11.4. The molecule has 5 nitrogen and oxygen atoms in total. The van der Waals surface area contributed by atoms with E-state index in [1.165, 1.54) is 27.4 Å². The Morgan fingerprint density at radius 2 is 1.77 bits per heavy atom. The van der Waals surface area contributed by atoms with Gasteiger partial charge in [0, 0.05) is 28.4 Å². The smallest absolute Gasteiger partial charge is 0.277 e. The van der Waals surface area contributed by atoms with Crippen LogP contribution < -0.4 is 10.2 Å². The molecule has 0 bridgehead atoms. The monoisotopic (exact) mass is 399 g/mol. The van der Waals surface area contributed by atoms with Crippen LogP contribution in [-0.4, -0.2) is 23.3 Å². The van der Waals surface area contributed by atoms with Crippen molar-refractivity contribution in [3.05, 3.63) is 77.9 Å². The van der Waals surface area contributed by atoms with Gasteiger partial charge in [-0.2, -0.15) is 5.10 Å². The van der Waals surface area contributed by atoms with E-state index in [1.54, 1.807) is 6.21 Å². The van der Waals surface area contributed by atoms with Crippen LogP contribution in [0.3, 0.4) is 0 Å². The van der Waals surface area contributed by atoms with E-state index in [2.05, 4.69) is 65.3 Å². The molecule has 0 saturated carbocycles. The summed E-state index contributed by atoms with van der Waals surface area (Å²) in [5.41, 5.74) is 7.11. The average Bonchev–Trinajstić information content (AvgIpc) is 3.11. The maximum Gasteiger partial charge on any atom is 0.277 e. The molecule has 0 aliphatic heterocycles. The number of para-hydroxylation sites is 1. The lowest BCUT2D eigenvalue weighted by atomic mass is 10.1. The van der Waals surface area contributed by atoms with Gasteiger partial charge in [-0.15, -0.1) is 0 Å². The molecule has 0 aliphatic rings. The zero-order valence-electron chi connectivity index (χ0n) is 17.3. The molecular formula is C25H25N3O2. The number of hydrogen-bond acceptors (Lipinski definition) is 3. The summed E-state index contributed by atoms with van der Waals surface area (Å²) in [5.74, 6) is 0.374. The molecule has 0 radical (unpaired) electrons. The van der Waals surface area contributed by atoms with Crippen molar-refractivity contribution in [1.29, 1.82) is 0 Å². The number of amides is 1. The Balaban J connectivity index is 1.42. The van der Waals surface area contributed by atoms with Gasteiger partial charge >= 0.3 is 0 Å². The van der Waals surface area contributed by atoms with Crippen LogP contribution in [0.2, 0.25) is 0 Å². The molecule has 0 unspecified atom stereocenters. The fourth-order valence-electron chi connectivity index (χ4n) is 3.67. The van der Waals surface area contributed by atoms with Crippen molar-refractivity contribution >= 4 is 33.9 Å². The number of benzene rings is 3. The Kier molecular flexibility index (Phi) is 5.80. The molecule has 1 N–H and O–H groups in total. The zero-order chi connectivity index (χ0) is 20.9. The van der Waals surface area contributed by atoms with Crippen LogP contribution in [0.1, 0.15) is 25.0 Å². The van der Waals surface area contributed by atoms with Crippen molar-refractivity contribution in [2.75, 3.05) is 6.61 Å². The lowest BCUT2D eigenvalue weighted by molar-refractivity contribution is -0.123. The molecule has 3 aromatic carbocycles. The first kappa shape index (κ1) is 19.7. The molecule has 0 atom stereocenters. The van der Waals surface area contributed by atoms with Crippen molar-refractivity contribution < 1.29 is 9.53 Å². The van der Waals surface area contributed by atoms with Gasteiger partial charge in [-0.25, -0.2) is 5.43 Å². The second kappa shape index (κ2) is 8.82. The molecule has 1 amide bonds. The summed E-state index contributed by atoms with van der Waals surface area (Å²) in [6.07, 6.45) is 2.63. The van der Waals surface area contributed by atoms with Gasteiger partial charge in [0.05, 0.1) is 6.21 Å². The van der Waals surface area contributed by atoms with E-state index < -0.39 is 0 Å². The van der Waals surface area contributed by atoms with Crippen LogP contribution in [0.5, 0.6) is 5.75 Å². The average molecular weight is 399 g/mol. The number of fused-ring (bicyclic) bond motifs is 3. The number of aryl methyl sites for hydroxylation is 2. The van der Waals surface area contributed by atoms with Gasteiger partial charge in [-0.3, -0.25) is 4.79 Å². The zero-order valence-corrected chi connectivity index (χ0v) is 17.3. The third-order valence-corrected chi connectivity index (χ3v) is 5.22. The van der Waals surface area contributed by atoms with Gasteiger partial charge in [0.2, 0.25) is 0 Å². The summed E-state index contributed by atoms with van der Waals surface area (Å²) in [6.45, 7) is 5.08. The summed E-state index contributed by atoms with van der Waals surface area (Å²) in [7, 11) is 0. The van der Waals surface area contributed by atoms with Crippen LogP contribution in [-0.2, 0) is 17.8 Å². The fraction of sp³-hybridized carbons (Fsp3) is 0.200. The third-order valence-electron chi connectivity index (χ3n) is 5.22. The predicted octanol–water partition coefficient (Wildman–Crippen LogP) is 4.91. The predicted molar refractivity (Wildman–Crippen MR) is 122 cm³/mol. The number of carbonyl (C=O) groups is 1. The molecule has 5 heteroatoms. The van der Waals surface area contributed by atoms with E-state index in [9.17, 15) is 4.79 Å². The SMILES string of the molecule is CCc1ccc(OCC(=O)NN=Cc2ccc3c(c2)c2ccccc2n3CC)cc1. The molecule has 1 aromatic heterocycles. The van der Waals surface area contributed by atoms with E-state index in [-0.39, 0.29) is 12.5 Å². The fourth-order valence-corrected chi connectivity index (χ4v) is 3.67. The second-order valence-electron chi connectivity index (χ2n) is 7.12. The maximum atomic E-state index is 12.0. The topological polar surface area (TPSA) is 55.6 Å². The molecule has 0 aliphatic carbocycles. The molecule has 152 valence electrons. The third kappa shape index (κ3) is 4.06. The van der Waals surface area contributed by atoms with Gasteiger partial charge < -0.3 is 9.30 Å². The van der Waals surface area contributed by atoms with Crippen LogP contribution >= 0.6 is 0 Å². The lowest BCUT2D eigenvalue weighted by Gasteiger charge is -2.05. The number of ether oxygens (including phenoxy) is 1. The number of rotatable bonds is 7. The van der Waals surface area contributed by atoms with Crippen LogP contribution in [0.4, 0.5) is 0 Å². The first-order chi connectivity index (χ1) is 14.7. The maximum absolute atomic E-state index is 12.0. The van der Waals surface area contributed by atoms with Crippen LogP contribution in [0, 0.1) is 0 Å². The van der Waals surface area contributed by atoms with Gasteiger partial charge in [-0.05, 0) is 54.8 Å². The summed E-state index contributed by atoms with van der Waals surface area (Å²) in [6, 6.07) is 22.3. The highest BCUT2D eigenvalue weighted by molar-refractivity contribution is 6.09. The highest BCUT2D eigenvalue weighted by atomic mass is 16.5. The first-order valence-electron chi connectivity index (χ1n) is 10.2. The lowest BCUT2D eigenvalue weighted by Crippen LogP contribution is -2.24. The highest BCUT2D eigenvalue weighted by Gasteiger charge is 2.09. The molecule has 0 spiro atoms. The van der Waals surface area contributed by atoms with Crippen molar-refractivity contribution in [3.63, 3.8) is 0 Å². The highest BCUT2D eigenvalue weighted by Crippen LogP contribution is 2.29. The number of aromatic nitrogens is 1. The Morgan fingerprint density at radius 1 is 1.00 bits per heavy atom. The van der Waals surface area contributed by atoms with E-state index >= 15 is 0 Å². The van der Waals surface area contributed by atoms with Gasteiger partial charge in [-0.1, -0.05) is 43.3 Å². The Bertz CT molecular complexity index is 1210. The van der Waals surface area contributed by atoms with E-state index in [0.717, 1.165) is 18.5 Å². The number of hydrazone groups is 1. The van der Waals surface area contributed by atoms with Gasteiger partial charge in [0.15, 0.2) is 6.61 Å². The van der Waals surface area contributed by atoms with Crippen molar-refractivity contribution in [2.45, 2.75) is 26.8 Å². The molecule has 30 heavy (non-hydrogen) atoms. The van der Waals surface area contributed by atoms with Gasteiger partial charge in [0.1, 0.15) is 5.75 Å². The van der Waals surface area contributed by atoms with Crippen molar-refractivity contribution in [3.8, 4) is 5.75 Å². The summed E-state index contributed by atoms with van der Waals surface area (Å²) >= 11 is 0. The van der Waals surface area contributed by atoms with Crippen LogP contribution in [0.15, 0.2) is 71.8 Å². The Labute approximate surface area is 176 Å². The number of nitrogens with one attached hydrogen (secondary N) is 1.